The van der Waals surface area contributed by atoms with Crippen LogP contribution in [0.25, 0.3) is 0 Å². The number of carbonyl (C=O) groups excluding carboxylic acids is 1. The van der Waals surface area contributed by atoms with Crippen LogP contribution in [0.2, 0.25) is 5.02 Å². The summed E-state index contributed by atoms with van der Waals surface area (Å²) in [6.45, 7) is 0.822. The van der Waals surface area contributed by atoms with Crippen LogP contribution in [0.15, 0.2) is 18.2 Å². The molecule has 0 spiro atoms. The molecule has 1 N–H and O–H groups in total. The van der Waals surface area contributed by atoms with Crippen molar-refractivity contribution < 1.29 is 4.79 Å². The number of ketones is 1. The van der Waals surface area contributed by atoms with E-state index in [1.807, 2.05) is 12.1 Å². The lowest BCUT2D eigenvalue weighted by molar-refractivity contribution is 0.0984. The van der Waals surface area contributed by atoms with Crippen LogP contribution in [0.3, 0.4) is 0 Å². The summed E-state index contributed by atoms with van der Waals surface area (Å²) in [5, 5.41) is 3.80. The molecule has 2 nitrogen and oxygen atoms in total. The Hall–Kier alpha value is -1.02. The fourth-order valence-electron chi connectivity index (χ4n) is 1.53. The van der Waals surface area contributed by atoms with Gasteiger partial charge >= 0.3 is 0 Å². The SMILES string of the molecule is O=C1CCCNc2c(Cl)cccc21. The van der Waals surface area contributed by atoms with Gasteiger partial charge in [0.2, 0.25) is 0 Å². The molecule has 0 radical (unpaired) electrons. The molecule has 1 aliphatic heterocycles. The van der Waals surface area contributed by atoms with E-state index in [1.54, 1.807) is 6.07 Å². The highest BCUT2D eigenvalue weighted by molar-refractivity contribution is 6.34. The molecule has 0 bridgehead atoms. The van der Waals surface area contributed by atoms with Gasteiger partial charge < -0.3 is 5.32 Å². The van der Waals surface area contributed by atoms with Crippen molar-refractivity contribution in [3.05, 3.63) is 28.8 Å². The van der Waals surface area contributed by atoms with Gasteiger partial charge in [-0.05, 0) is 18.6 Å². The molecule has 0 amide bonds. The number of carbonyl (C=O) groups is 1. The number of rotatable bonds is 0. The highest BCUT2D eigenvalue weighted by atomic mass is 35.5. The minimum absolute atomic E-state index is 0.183. The van der Waals surface area contributed by atoms with Gasteiger partial charge in [0.15, 0.2) is 5.78 Å². The van der Waals surface area contributed by atoms with Gasteiger partial charge in [0.25, 0.3) is 0 Å². The summed E-state index contributed by atoms with van der Waals surface area (Å²) < 4.78 is 0. The number of nitrogens with one attached hydrogen (secondary N) is 1. The number of Topliss-reactive ketones (excluding diaryl/α,β-unsaturated/α-hetero) is 1. The molecule has 1 heterocycles. The summed E-state index contributed by atoms with van der Waals surface area (Å²) in [6, 6.07) is 5.43. The zero-order valence-corrected chi connectivity index (χ0v) is 7.90. The lowest BCUT2D eigenvalue weighted by Gasteiger charge is -2.07. The minimum Gasteiger partial charge on any atom is -0.383 e. The molecule has 1 aliphatic rings. The van der Waals surface area contributed by atoms with Crippen molar-refractivity contribution in [2.24, 2.45) is 0 Å². The fourth-order valence-corrected chi connectivity index (χ4v) is 1.77. The number of hydrogen-bond acceptors (Lipinski definition) is 2. The van der Waals surface area contributed by atoms with Gasteiger partial charge in [0, 0.05) is 18.5 Å². The molecule has 2 rings (SSSR count). The Labute approximate surface area is 81.9 Å². The van der Waals surface area contributed by atoms with Crippen molar-refractivity contribution in [2.75, 3.05) is 11.9 Å². The molecule has 0 aliphatic carbocycles. The van der Waals surface area contributed by atoms with Gasteiger partial charge in [0.05, 0.1) is 10.7 Å². The Balaban J connectivity index is 2.54. The highest BCUT2D eigenvalue weighted by Gasteiger charge is 2.16. The first-order chi connectivity index (χ1) is 6.29. The molecule has 3 heteroatoms. The van der Waals surface area contributed by atoms with Crippen molar-refractivity contribution in [1.29, 1.82) is 0 Å². The van der Waals surface area contributed by atoms with Gasteiger partial charge in [-0.3, -0.25) is 4.79 Å². The summed E-state index contributed by atoms with van der Waals surface area (Å²) in [5.41, 5.74) is 1.52. The van der Waals surface area contributed by atoms with Crippen molar-refractivity contribution in [1.82, 2.24) is 0 Å². The topological polar surface area (TPSA) is 29.1 Å². The highest BCUT2D eigenvalue weighted by Crippen LogP contribution is 2.28. The number of para-hydroxylation sites is 1. The molecule has 1 aromatic rings. The molecule has 0 atom stereocenters. The van der Waals surface area contributed by atoms with E-state index in [9.17, 15) is 4.79 Å². The number of benzene rings is 1. The monoisotopic (exact) mass is 195 g/mol. The fraction of sp³-hybridized carbons (Fsp3) is 0.300. The molecule has 0 fully saturated rings. The van der Waals surface area contributed by atoms with Crippen LogP contribution in [0.4, 0.5) is 5.69 Å². The lowest BCUT2D eigenvalue weighted by atomic mass is 10.1. The molecule has 13 heavy (non-hydrogen) atoms. The number of anilines is 1. The number of halogens is 1. The van der Waals surface area contributed by atoms with Crippen LogP contribution in [-0.4, -0.2) is 12.3 Å². The number of hydrogen-bond donors (Lipinski definition) is 1. The molecule has 0 saturated carbocycles. The Bertz CT molecular complexity index is 349. The third kappa shape index (κ3) is 1.54. The summed E-state index contributed by atoms with van der Waals surface area (Å²) in [7, 11) is 0. The predicted octanol–water partition coefficient (Wildman–Crippen LogP) is 2.73. The van der Waals surface area contributed by atoms with E-state index in [-0.39, 0.29) is 5.78 Å². The zero-order valence-electron chi connectivity index (χ0n) is 7.14. The van der Waals surface area contributed by atoms with E-state index in [0.29, 0.717) is 11.4 Å². The van der Waals surface area contributed by atoms with E-state index in [0.717, 1.165) is 24.2 Å². The summed E-state index contributed by atoms with van der Waals surface area (Å²) in [5.74, 6) is 0.183. The molecule has 0 saturated heterocycles. The quantitative estimate of drug-likeness (QED) is 0.690. The average Bonchev–Trinajstić information content (AvgIpc) is 2.30. The second-order valence-corrected chi connectivity index (χ2v) is 3.52. The average molecular weight is 196 g/mol. The summed E-state index contributed by atoms with van der Waals surface area (Å²) in [6.07, 6.45) is 1.49. The van der Waals surface area contributed by atoms with Gasteiger partial charge in [-0.15, -0.1) is 0 Å². The Morgan fingerprint density at radius 2 is 2.23 bits per heavy atom. The number of fused-ring (bicyclic) bond motifs is 1. The molecule has 0 unspecified atom stereocenters. The standard InChI is InChI=1S/C10H10ClNO/c11-8-4-1-3-7-9(13)5-2-6-12-10(7)8/h1,3-4,12H,2,5-6H2. The van der Waals surface area contributed by atoms with Crippen molar-refractivity contribution in [3.8, 4) is 0 Å². The molecule has 68 valence electrons. The van der Waals surface area contributed by atoms with Crippen LogP contribution in [0.1, 0.15) is 23.2 Å². The van der Waals surface area contributed by atoms with E-state index >= 15 is 0 Å². The van der Waals surface area contributed by atoms with E-state index in [1.165, 1.54) is 0 Å². The molecular weight excluding hydrogens is 186 g/mol. The second kappa shape index (κ2) is 3.38. The Morgan fingerprint density at radius 3 is 3.08 bits per heavy atom. The molecule has 1 aromatic carbocycles. The zero-order chi connectivity index (χ0) is 9.26. The second-order valence-electron chi connectivity index (χ2n) is 3.12. The maximum absolute atomic E-state index is 11.6. The maximum atomic E-state index is 11.6. The van der Waals surface area contributed by atoms with E-state index in [4.69, 9.17) is 11.6 Å². The Kier molecular flexibility index (Phi) is 2.23. The maximum Gasteiger partial charge on any atom is 0.165 e. The summed E-state index contributed by atoms with van der Waals surface area (Å²) >= 11 is 5.97. The first-order valence-corrected chi connectivity index (χ1v) is 4.72. The third-order valence-corrected chi connectivity index (χ3v) is 2.51. The normalized spacial score (nSPS) is 15.9. The minimum atomic E-state index is 0.183. The smallest absolute Gasteiger partial charge is 0.165 e. The molecule has 0 aromatic heterocycles. The van der Waals surface area contributed by atoms with Crippen molar-refractivity contribution in [2.45, 2.75) is 12.8 Å². The van der Waals surface area contributed by atoms with Crippen molar-refractivity contribution in [3.63, 3.8) is 0 Å². The summed E-state index contributed by atoms with van der Waals surface area (Å²) in [4.78, 5) is 11.6. The Morgan fingerprint density at radius 1 is 1.38 bits per heavy atom. The predicted molar refractivity (Wildman–Crippen MR) is 53.5 cm³/mol. The van der Waals surface area contributed by atoms with E-state index < -0.39 is 0 Å². The first kappa shape index (κ1) is 8.57. The van der Waals surface area contributed by atoms with E-state index in [2.05, 4.69) is 5.32 Å². The largest absolute Gasteiger partial charge is 0.383 e. The van der Waals surface area contributed by atoms with Crippen LogP contribution in [0, 0.1) is 0 Å². The van der Waals surface area contributed by atoms with Crippen LogP contribution >= 0.6 is 11.6 Å². The van der Waals surface area contributed by atoms with Gasteiger partial charge in [-0.1, -0.05) is 17.7 Å². The van der Waals surface area contributed by atoms with Crippen LogP contribution < -0.4 is 5.32 Å². The van der Waals surface area contributed by atoms with Gasteiger partial charge in [0.1, 0.15) is 0 Å². The first-order valence-electron chi connectivity index (χ1n) is 4.34. The molecular formula is C10H10ClNO. The van der Waals surface area contributed by atoms with Gasteiger partial charge in [-0.25, -0.2) is 0 Å². The third-order valence-electron chi connectivity index (χ3n) is 2.20. The van der Waals surface area contributed by atoms with Crippen molar-refractivity contribution >= 4 is 23.1 Å². The van der Waals surface area contributed by atoms with Gasteiger partial charge in [-0.2, -0.15) is 0 Å². The van der Waals surface area contributed by atoms with Crippen LogP contribution in [0.5, 0.6) is 0 Å². The van der Waals surface area contributed by atoms with Crippen LogP contribution in [-0.2, 0) is 0 Å². The lowest BCUT2D eigenvalue weighted by Crippen LogP contribution is -2.00.